The number of Topliss-reactive ketones (excluding diaryl/α,β-unsaturated/α-hetero) is 1. The molecule has 1 aliphatic rings. The van der Waals surface area contributed by atoms with E-state index in [0.717, 1.165) is 12.1 Å². The fourth-order valence-electron chi connectivity index (χ4n) is 2.62. The lowest BCUT2D eigenvalue weighted by molar-refractivity contribution is -0.274. The molecule has 30 heavy (non-hydrogen) atoms. The number of halogens is 3. The molecule has 3 rings (SSSR count). The molecule has 1 N–H and O–H groups in total. The predicted molar refractivity (Wildman–Crippen MR) is 101 cm³/mol. The smallest absolute Gasteiger partial charge is 0.462 e. The number of anilines is 1. The second-order valence-electron chi connectivity index (χ2n) is 5.94. The van der Waals surface area contributed by atoms with E-state index in [0.29, 0.717) is 5.69 Å². The summed E-state index contributed by atoms with van der Waals surface area (Å²) in [4.78, 5) is 25.1. The fraction of sp³-hybridized carbons (Fsp3) is 0.143. The normalized spacial score (nSPS) is 15.2. The summed E-state index contributed by atoms with van der Waals surface area (Å²) in [7, 11) is 0. The van der Waals surface area contributed by atoms with E-state index in [1.807, 2.05) is 0 Å². The fourth-order valence-corrected chi connectivity index (χ4v) is 2.62. The van der Waals surface area contributed by atoms with Crippen molar-refractivity contribution in [2.45, 2.75) is 13.3 Å². The van der Waals surface area contributed by atoms with Gasteiger partial charge in [-0.1, -0.05) is 36.4 Å². The molecular weight excluding hydrogens is 403 g/mol. The van der Waals surface area contributed by atoms with E-state index in [4.69, 9.17) is 9.47 Å². The van der Waals surface area contributed by atoms with Crippen molar-refractivity contribution < 1.29 is 37.0 Å². The number of carbonyl (C=O) groups excluding carboxylic acids is 2. The van der Waals surface area contributed by atoms with Gasteiger partial charge >= 0.3 is 12.3 Å². The highest BCUT2D eigenvalue weighted by Crippen LogP contribution is 2.32. The monoisotopic (exact) mass is 419 g/mol. The van der Waals surface area contributed by atoms with Crippen LogP contribution in [0.5, 0.6) is 5.75 Å². The standard InChI is InChI=1S/C21H16F3NO5/c1-2-28-20(27)17-18(26)16(29-19(17)25-14-9-4-3-5-10-14)12-13-8-6-7-11-15(13)30-21(22,23)24/h3-12,25H,2H2,1H3/b16-12-. The summed E-state index contributed by atoms with van der Waals surface area (Å²) in [6.45, 7) is 1.60. The third-order valence-corrected chi connectivity index (χ3v) is 3.83. The Morgan fingerprint density at radius 1 is 1.10 bits per heavy atom. The first kappa shape index (κ1) is 21.0. The van der Waals surface area contributed by atoms with Crippen molar-refractivity contribution in [3.05, 3.63) is 77.4 Å². The van der Waals surface area contributed by atoms with Crippen molar-refractivity contribution in [3.8, 4) is 5.75 Å². The van der Waals surface area contributed by atoms with Gasteiger partial charge in [0.25, 0.3) is 0 Å². The lowest BCUT2D eigenvalue weighted by Gasteiger charge is -2.11. The first-order chi connectivity index (χ1) is 14.3. The Balaban J connectivity index is 1.96. The highest BCUT2D eigenvalue weighted by molar-refractivity contribution is 6.26. The molecule has 1 heterocycles. The molecule has 0 unspecified atom stereocenters. The molecule has 0 fully saturated rings. The number of alkyl halides is 3. The second kappa shape index (κ2) is 8.73. The quantitative estimate of drug-likeness (QED) is 0.425. The number of hydrogen-bond acceptors (Lipinski definition) is 6. The van der Waals surface area contributed by atoms with E-state index in [9.17, 15) is 22.8 Å². The van der Waals surface area contributed by atoms with Crippen LogP contribution in [0, 0.1) is 0 Å². The Morgan fingerprint density at radius 2 is 1.77 bits per heavy atom. The molecule has 0 amide bonds. The van der Waals surface area contributed by atoms with Crippen LogP contribution in [0.15, 0.2) is 71.8 Å². The average molecular weight is 419 g/mol. The van der Waals surface area contributed by atoms with Gasteiger partial charge in [0.1, 0.15) is 5.75 Å². The minimum atomic E-state index is -4.91. The van der Waals surface area contributed by atoms with E-state index in [-0.39, 0.29) is 29.4 Å². The summed E-state index contributed by atoms with van der Waals surface area (Å²) in [6.07, 6.45) is -3.84. The highest BCUT2D eigenvalue weighted by atomic mass is 19.4. The summed E-state index contributed by atoms with van der Waals surface area (Å²) in [5, 5.41) is 2.81. The van der Waals surface area contributed by atoms with Gasteiger partial charge in [0.15, 0.2) is 11.3 Å². The first-order valence-electron chi connectivity index (χ1n) is 8.81. The molecule has 9 heteroatoms. The molecule has 0 saturated heterocycles. The number of rotatable bonds is 6. The van der Waals surface area contributed by atoms with Gasteiger partial charge < -0.3 is 19.5 Å². The third-order valence-electron chi connectivity index (χ3n) is 3.83. The summed E-state index contributed by atoms with van der Waals surface area (Å²) in [5.74, 6) is -2.78. The van der Waals surface area contributed by atoms with Gasteiger partial charge in [-0.25, -0.2) is 4.79 Å². The number of esters is 1. The summed E-state index contributed by atoms with van der Waals surface area (Å²) in [5.41, 5.74) is 0.0904. The Labute approximate surface area is 169 Å². The molecule has 2 aromatic rings. The molecule has 0 bridgehead atoms. The van der Waals surface area contributed by atoms with E-state index in [1.54, 1.807) is 37.3 Å². The number of benzene rings is 2. The average Bonchev–Trinajstić information content (AvgIpc) is 2.98. The van der Waals surface area contributed by atoms with Gasteiger partial charge in [0, 0.05) is 11.3 Å². The Hall–Kier alpha value is -3.75. The molecule has 0 aliphatic carbocycles. The van der Waals surface area contributed by atoms with Crippen molar-refractivity contribution in [1.29, 1.82) is 0 Å². The van der Waals surface area contributed by atoms with E-state index < -0.39 is 23.9 Å². The molecule has 0 radical (unpaired) electrons. The van der Waals surface area contributed by atoms with Crippen molar-refractivity contribution in [2.75, 3.05) is 11.9 Å². The molecule has 0 aromatic heterocycles. The van der Waals surface area contributed by atoms with Gasteiger partial charge in [-0.2, -0.15) is 0 Å². The summed E-state index contributed by atoms with van der Waals surface area (Å²) in [6, 6.07) is 13.8. The van der Waals surface area contributed by atoms with E-state index >= 15 is 0 Å². The van der Waals surface area contributed by atoms with E-state index in [1.165, 1.54) is 18.2 Å². The molecule has 156 valence electrons. The molecule has 0 atom stereocenters. The molecule has 0 saturated carbocycles. The van der Waals surface area contributed by atoms with E-state index in [2.05, 4.69) is 10.1 Å². The number of carbonyl (C=O) groups is 2. The number of allylic oxidation sites excluding steroid dienone is 1. The molecular formula is C21H16F3NO5. The van der Waals surface area contributed by atoms with Crippen molar-refractivity contribution in [1.82, 2.24) is 0 Å². The number of ketones is 1. The maximum atomic E-state index is 12.8. The Morgan fingerprint density at radius 3 is 2.43 bits per heavy atom. The van der Waals surface area contributed by atoms with Crippen LogP contribution in [0.25, 0.3) is 6.08 Å². The third kappa shape index (κ3) is 4.99. The SMILES string of the molecule is CCOC(=O)C1=C(Nc2ccccc2)O/C(=C\c2ccccc2OC(F)(F)F)C1=O. The van der Waals surface area contributed by atoms with Crippen LogP contribution in [-0.2, 0) is 19.1 Å². The topological polar surface area (TPSA) is 73.9 Å². The zero-order valence-electron chi connectivity index (χ0n) is 15.7. The van der Waals surface area contributed by atoms with Gasteiger partial charge in [0.2, 0.25) is 11.7 Å². The zero-order chi connectivity index (χ0) is 21.7. The maximum Gasteiger partial charge on any atom is 0.573 e. The first-order valence-corrected chi connectivity index (χ1v) is 8.81. The van der Waals surface area contributed by atoms with Crippen molar-refractivity contribution in [2.24, 2.45) is 0 Å². The highest BCUT2D eigenvalue weighted by Gasteiger charge is 2.37. The molecule has 0 spiro atoms. The Kier molecular flexibility index (Phi) is 6.10. The van der Waals surface area contributed by atoms with Crippen molar-refractivity contribution in [3.63, 3.8) is 0 Å². The van der Waals surface area contributed by atoms with Crippen molar-refractivity contribution >= 4 is 23.5 Å². The maximum absolute atomic E-state index is 12.8. The van der Waals surface area contributed by atoms with Crippen LogP contribution in [0.3, 0.4) is 0 Å². The molecule has 1 aliphatic heterocycles. The Bertz CT molecular complexity index is 1010. The number of para-hydroxylation sites is 2. The number of ether oxygens (including phenoxy) is 3. The van der Waals surface area contributed by atoms with Gasteiger partial charge in [0.05, 0.1) is 6.61 Å². The van der Waals surface area contributed by atoms with Crippen LogP contribution in [0.4, 0.5) is 18.9 Å². The largest absolute Gasteiger partial charge is 0.573 e. The number of hydrogen-bond donors (Lipinski definition) is 1. The zero-order valence-corrected chi connectivity index (χ0v) is 15.7. The van der Waals surface area contributed by atoms with Gasteiger partial charge in [-0.3, -0.25) is 4.79 Å². The summed E-state index contributed by atoms with van der Waals surface area (Å²) >= 11 is 0. The van der Waals surface area contributed by atoms with Crippen LogP contribution in [0.1, 0.15) is 12.5 Å². The number of nitrogens with one attached hydrogen (secondary N) is 1. The lowest BCUT2D eigenvalue weighted by atomic mass is 10.1. The summed E-state index contributed by atoms with van der Waals surface area (Å²) < 4.78 is 52.3. The minimum Gasteiger partial charge on any atom is -0.462 e. The van der Waals surface area contributed by atoms with Gasteiger partial charge in [-0.15, -0.1) is 13.2 Å². The van der Waals surface area contributed by atoms with Crippen LogP contribution in [-0.4, -0.2) is 24.7 Å². The molecule has 6 nitrogen and oxygen atoms in total. The molecule has 2 aromatic carbocycles. The van der Waals surface area contributed by atoms with Crippen LogP contribution < -0.4 is 10.1 Å². The predicted octanol–water partition coefficient (Wildman–Crippen LogP) is 4.41. The lowest BCUT2D eigenvalue weighted by Crippen LogP contribution is -2.18. The van der Waals surface area contributed by atoms with Crippen LogP contribution >= 0.6 is 0 Å². The van der Waals surface area contributed by atoms with Gasteiger partial charge in [-0.05, 0) is 31.2 Å². The second-order valence-corrected chi connectivity index (χ2v) is 5.94. The minimum absolute atomic E-state index is 0.0233. The van der Waals surface area contributed by atoms with Crippen LogP contribution in [0.2, 0.25) is 0 Å².